The van der Waals surface area contributed by atoms with Crippen molar-refractivity contribution in [2.75, 3.05) is 5.32 Å². The lowest BCUT2D eigenvalue weighted by Crippen LogP contribution is -2.14. The van der Waals surface area contributed by atoms with Crippen LogP contribution in [0, 0.1) is 25.5 Å². The van der Waals surface area contributed by atoms with Crippen molar-refractivity contribution in [2.24, 2.45) is 0 Å². The van der Waals surface area contributed by atoms with Gasteiger partial charge in [-0.05, 0) is 49.2 Å². The molecule has 0 unspecified atom stereocenters. The molecule has 0 atom stereocenters. The average molecular weight is 340 g/mol. The Morgan fingerprint density at radius 1 is 1.05 bits per heavy atom. The fourth-order valence-electron chi connectivity index (χ4n) is 1.84. The van der Waals surface area contributed by atoms with Crippen LogP contribution in [0.4, 0.5) is 14.5 Å². The number of rotatable bonds is 2. The second kappa shape index (κ2) is 5.71. The molecule has 0 saturated heterocycles. The predicted molar refractivity (Wildman–Crippen MR) is 77.9 cm³/mol. The van der Waals surface area contributed by atoms with Crippen molar-refractivity contribution in [3.05, 3.63) is 63.1 Å². The lowest BCUT2D eigenvalue weighted by molar-refractivity contribution is 0.102. The zero-order chi connectivity index (χ0) is 14.9. The molecule has 1 amide bonds. The van der Waals surface area contributed by atoms with Gasteiger partial charge < -0.3 is 5.32 Å². The largest absolute Gasteiger partial charge is 0.322 e. The lowest BCUT2D eigenvalue weighted by Gasteiger charge is -2.09. The zero-order valence-corrected chi connectivity index (χ0v) is 12.5. The Bertz CT molecular complexity index is 666. The number of amides is 1. The molecule has 0 heterocycles. The Morgan fingerprint density at radius 3 is 2.40 bits per heavy atom. The molecule has 0 aromatic heterocycles. The number of nitrogens with one attached hydrogen (secondary N) is 1. The van der Waals surface area contributed by atoms with E-state index in [0.29, 0.717) is 5.69 Å². The van der Waals surface area contributed by atoms with Crippen LogP contribution in [0.1, 0.15) is 21.5 Å². The van der Waals surface area contributed by atoms with Gasteiger partial charge in [-0.15, -0.1) is 0 Å². The molecule has 104 valence electrons. The van der Waals surface area contributed by atoms with Crippen molar-refractivity contribution in [3.63, 3.8) is 0 Å². The number of benzene rings is 2. The van der Waals surface area contributed by atoms with Gasteiger partial charge in [-0.3, -0.25) is 4.79 Å². The standard InChI is InChI=1S/C15H12BrF2NO/c1-8-3-10(16)6-11(4-8)19-15(20)12-5-9(2)13(17)7-14(12)18/h3-7H,1-2H3,(H,19,20). The van der Waals surface area contributed by atoms with Gasteiger partial charge in [0, 0.05) is 16.2 Å². The normalized spacial score (nSPS) is 10.4. The van der Waals surface area contributed by atoms with E-state index in [0.717, 1.165) is 16.1 Å². The van der Waals surface area contributed by atoms with E-state index in [1.54, 1.807) is 12.1 Å². The highest BCUT2D eigenvalue weighted by Gasteiger charge is 2.15. The van der Waals surface area contributed by atoms with E-state index in [1.165, 1.54) is 13.0 Å². The van der Waals surface area contributed by atoms with Gasteiger partial charge in [0.2, 0.25) is 0 Å². The Labute approximate surface area is 123 Å². The molecule has 2 rings (SSSR count). The molecular formula is C15H12BrF2NO. The van der Waals surface area contributed by atoms with Gasteiger partial charge in [0.15, 0.2) is 0 Å². The van der Waals surface area contributed by atoms with Gasteiger partial charge in [0.1, 0.15) is 11.6 Å². The van der Waals surface area contributed by atoms with Crippen LogP contribution in [-0.2, 0) is 0 Å². The van der Waals surface area contributed by atoms with E-state index in [2.05, 4.69) is 21.2 Å². The van der Waals surface area contributed by atoms with Crippen molar-refractivity contribution < 1.29 is 13.6 Å². The fraction of sp³-hybridized carbons (Fsp3) is 0.133. The van der Waals surface area contributed by atoms with Gasteiger partial charge >= 0.3 is 0 Å². The van der Waals surface area contributed by atoms with Crippen molar-refractivity contribution >= 4 is 27.5 Å². The molecule has 2 aromatic carbocycles. The summed E-state index contributed by atoms with van der Waals surface area (Å²) >= 11 is 3.32. The third-order valence-electron chi connectivity index (χ3n) is 2.79. The second-order valence-corrected chi connectivity index (χ2v) is 5.47. The topological polar surface area (TPSA) is 29.1 Å². The molecule has 0 bridgehead atoms. The number of aryl methyl sites for hydroxylation is 2. The Morgan fingerprint density at radius 2 is 1.75 bits per heavy atom. The second-order valence-electron chi connectivity index (χ2n) is 4.55. The summed E-state index contributed by atoms with van der Waals surface area (Å²) in [5.41, 5.74) is 1.54. The molecule has 0 aliphatic carbocycles. The maximum atomic E-state index is 13.6. The van der Waals surface area contributed by atoms with Crippen LogP contribution in [0.2, 0.25) is 0 Å². The van der Waals surface area contributed by atoms with Crippen molar-refractivity contribution in [3.8, 4) is 0 Å². The Balaban J connectivity index is 2.30. The van der Waals surface area contributed by atoms with Gasteiger partial charge in [-0.25, -0.2) is 8.78 Å². The molecule has 2 nitrogen and oxygen atoms in total. The van der Waals surface area contributed by atoms with Crippen LogP contribution in [-0.4, -0.2) is 5.91 Å². The van der Waals surface area contributed by atoms with E-state index < -0.39 is 17.5 Å². The minimum atomic E-state index is -0.877. The SMILES string of the molecule is Cc1cc(Br)cc(NC(=O)c2cc(C)c(F)cc2F)c1. The van der Waals surface area contributed by atoms with Crippen LogP contribution < -0.4 is 5.32 Å². The Hall–Kier alpha value is -1.75. The average Bonchev–Trinajstić information content (AvgIpc) is 2.32. The molecule has 0 fully saturated rings. The maximum Gasteiger partial charge on any atom is 0.258 e. The van der Waals surface area contributed by atoms with Gasteiger partial charge in [0.05, 0.1) is 5.56 Å². The summed E-state index contributed by atoms with van der Waals surface area (Å²) in [7, 11) is 0. The first-order valence-corrected chi connectivity index (χ1v) is 6.70. The van der Waals surface area contributed by atoms with Crippen LogP contribution >= 0.6 is 15.9 Å². The summed E-state index contributed by atoms with van der Waals surface area (Å²) < 4.78 is 27.6. The summed E-state index contributed by atoms with van der Waals surface area (Å²) in [6.07, 6.45) is 0. The first kappa shape index (κ1) is 14.7. The zero-order valence-electron chi connectivity index (χ0n) is 10.9. The first-order chi connectivity index (χ1) is 9.36. The number of carbonyl (C=O) groups excluding carboxylic acids is 1. The molecule has 1 N–H and O–H groups in total. The molecule has 0 spiro atoms. The maximum absolute atomic E-state index is 13.6. The summed E-state index contributed by atoms with van der Waals surface area (Å²) in [6, 6.07) is 7.27. The highest BCUT2D eigenvalue weighted by molar-refractivity contribution is 9.10. The van der Waals surface area contributed by atoms with E-state index in [1.807, 2.05) is 13.0 Å². The van der Waals surface area contributed by atoms with Crippen molar-refractivity contribution in [1.82, 2.24) is 0 Å². The minimum absolute atomic E-state index is 0.179. The predicted octanol–water partition coefficient (Wildman–Crippen LogP) is 4.60. The van der Waals surface area contributed by atoms with Gasteiger partial charge in [0.25, 0.3) is 5.91 Å². The number of carbonyl (C=O) groups is 1. The molecular weight excluding hydrogens is 328 g/mol. The van der Waals surface area contributed by atoms with Crippen LogP contribution in [0.15, 0.2) is 34.8 Å². The molecule has 0 aliphatic heterocycles. The van der Waals surface area contributed by atoms with E-state index in [4.69, 9.17) is 0 Å². The number of halogens is 3. The monoisotopic (exact) mass is 339 g/mol. The fourth-order valence-corrected chi connectivity index (χ4v) is 2.45. The van der Waals surface area contributed by atoms with Gasteiger partial charge in [-0.1, -0.05) is 15.9 Å². The number of hydrogen-bond acceptors (Lipinski definition) is 1. The van der Waals surface area contributed by atoms with E-state index in [9.17, 15) is 13.6 Å². The smallest absolute Gasteiger partial charge is 0.258 e. The van der Waals surface area contributed by atoms with Crippen LogP contribution in [0.25, 0.3) is 0 Å². The van der Waals surface area contributed by atoms with Gasteiger partial charge in [-0.2, -0.15) is 0 Å². The summed E-state index contributed by atoms with van der Waals surface area (Å²) in [5.74, 6) is -2.15. The van der Waals surface area contributed by atoms with Crippen molar-refractivity contribution in [1.29, 1.82) is 0 Å². The molecule has 2 aromatic rings. The Kier molecular flexibility index (Phi) is 4.18. The van der Waals surface area contributed by atoms with Crippen LogP contribution in [0.3, 0.4) is 0 Å². The lowest BCUT2D eigenvalue weighted by atomic mass is 10.1. The number of anilines is 1. The molecule has 0 aliphatic rings. The number of hydrogen-bond donors (Lipinski definition) is 1. The first-order valence-electron chi connectivity index (χ1n) is 5.91. The van der Waals surface area contributed by atoms with E-state index >= 15 is 0 Å². The quantitative estimate of drug-likeness (QED) is 0.851. The molecule has 20 heavy (non-hydrogen) atoms. The highest BCUT2D eigenvalue weighted by atomic mass is 79.9. The third-order valence-corrected chi connectivity index (χ3v) is 3.25. The third kappa shape index (κ3) is 3.22. The minimum Gasteiger partial charge on any atom is -0.322 e. The molecule has 0 radical (unpaired) electrons. The van der Waals surface area contributed by atoms with Crippen molar-refractivity contribution in [2.45, 2.75) is 13.8 Å². The molecule has 5 heteroatoms. The summed E-state index contributed by atoms with van der Waals surface area (Å²) in [5, 5.41) is 2.60. The summed E-state index contributed by atoms with van der Waals surface area (Å²) in [6.45, 7) is 3.36. The highest BCUT2D eigenvalue weighted by Crippen LogP contribution is 2.21. The van der Waals surface area contributed by atoms with Crippen LogP contribution in [0.5, 0.6) is 0 Å². The molecule has 0 saturated carbocycles. The summed E-state index contributed by atoms with van der Waals surface area (Å²) in [4.78, 5) is 12.0. The van der Waals surface area contributed by atoms with E-state index in [-0.39, 0.29) is 11.1 Å².